The molecular weight excluding hydrogens is 404 g/mol. The second-order valence-corrected chi connectivity index (χ2v) is 10.7. The fraction of sp³-hybridized carbons (Fsp3) is 0.423. The van der Waals surface area contributed by atoms with E-state index in [1.165, 1.54) is 35.5 Å². The Hall–Kier alpha value is -2.30. The third kappa shape index (κ3) is 3.19. The number of nitrogens with one attached hydrogen (secondary N) is 1. The third-order valence-electron chi connectivity index (χ3n) is 7.66. The Labute approximate surface area is 189 Å². The molecule has 3 aromatic rings. The lowest BCUT2D eigenvalue weighted by Crippen LogP contribution is -2.38. The molecule has 1 N–H and O–H groups in total. The highest BCUT2D eigenvalue weighted by molar-refractivity contribution is 6.30. The highest BCUT2D eigenvalue weighted by Crippen LogP contribution is 2.59. The normalized spacial score (nSPS) is 28.6. The number of piperidine rings is 1. The Bertz CT molecular complexity index is 1100. The minimum absolute atomic E-state index is 0.0168. The quantitative estimate of drug-likeness (QED) is 0.582. The van der Waals surface area contributed by atoms with E-state index in [0.717, 1.165) is 30.5 Å². The number of halogens is 1. The summed E-state index contributed by atoms with van der Waals surface area (Å²) in [4.78, 5) is 2.61. The van der Waals surface area contributed by atoms with Gasteiger partial charge in [-0.2, -0.15) is 5.10 Å². The zero-order valence-corrected chi connectivity index (χ0v) is 18.9. The van der Waals surface area contributed by atoms with Crippen LogP contribution in [-0.4, -0.2) is 27.8 Å². The molecule has 3 heterocycles. The Morgan fingerprint density at radius 3 is 2.61 bits per heavy atom. The standard InChI is InChI=1S/C26H29ClN4/c1-25(2)13-23(18-6-4-3-5-7-18)29-24-19(14-28-31(24)25)15-30-16-21-12-26(21,17-30)20-8-10-22(27)11-9-20/h3-11,14,21,23,29H,12-13,15-17H2,1-2H3. The van der Waals surface area contributed by atoms with E-state index in [1.54, 1.807) is 0 Å². The topological polar surface area (TPSA) is 33.1 Å². The zero-order valence-electron chi connectivity index (χ0n) is 18.2. The van der Waals surface area contributed by atoms with Crippen LogP contribution >= 0.6 is 11.6 Å². The number of anilines is 1. The number of aromatic nitrogens is 2. The molecule has 5 heteroatoms. The average Bonchev–Trinajstić information content (AvgIpc) is 3.10. The first-order valence-corrected chi connectivity index (χ1v) is 11.7. The predicted octanol–water partition coefficient (Wildman–Crippen LogP) is 5.60. The van der Waals surface area contributed by atoms with Crippen LogP contribution in [0.1, 0.15) is 49.4 Å². The van der Waals surface area contributed by atoms with Crippen molar-refractivity contribution < 1.29 is 0 Å². The summed E-state index contributed by atoms with van der Waals surface area (Å²) in [7, 11) is 0. The van der Waals surface area contributed by atoms with Crippen LogP contribution in [0.3, 0.4) is 0 Å². The number of nitrogens with zero attached hydrogens (tertiary/aromatic N) is 3. The summed E-state index contributed by atoms with van der Waals surface area (Å²) in [5.74, 6) is 1.95. The molecule has 0 bridgehead atoms. The van der Waals surface area contributed by atoms with Crippen molar-refractivity contribution in [2.24, 2.45) is 5.92 Å². The summed E-state index contributed by atoms with van der Waals surface area (Å²) in [6.45, 7) is 7.83. The van der Waals surface area contributed by atoms with Gasteiger partial charge in [-0.05, 0) is 55.9 Å². The van der Waals surface area contributed by atoms with Crippen LogP contribution in [-0.2, 0) is 17.5 Å². The van der Waals surface area contributed by atoms with Gasteiger partial charge in [-0.15, -0.1) is 0 Å². The highest BCUT2D eigenvalue weighted by atomic mass is 35.5. The SMILES string of the molecule is CC1(C)CC(c2ccccc2)Nc2c(CN3CC4CC4(c4ccc(Cl)cc4)C3)cnn21. The molecule has 3 atom stereocenters. The number of hydrogen-bond donors (Lipinski definition) is 1. The second-order valence-electron chi connectivity index (χ2n) is 10.3. The van der Waals surface area contributed by atoms with Gasteiger partial charge in [-0.3, -0.25) is 4.90 Å². The molecule has 1 aromatic heterocycles. The van der Waals surface area contributed by atoms with Crippen LogP contribution < -0.4 is 5.32 Å². The van der Waals surface area contributed by atoms with Crippen LogP contribution in [0.4, 0.5) is 5.82 Å². The monoisotopic (exact) mass is 432 g/mol. The Kier molecular flexibility index (Phi) is 4.28. The van der Waals surface area contributed by atoms with E-state index < -0.39 is 0 Å². The number of benzene rings is 2. The van der Waals surface area contributed by atoms with Gasteiger partial charge >= 0.3 is 0 Å². The summed E-state index contributed by atoms with van der Waals surface area (Å²) < 4.78 is 2.20. The van der Waals surface area contributed by atoms with Crippen molar-refractivity contribution in [2.45, 2.75) is 50.2 Å². The Morgan fingerprint density at radius 1 is 1.06 bits per heavy atom. The van der Waals surface area contributed by atoms with Gasteiger partial charge in [-0.25, -0.2) is 4.68 Å². The minimum atomic E-state index is -0.0168. The molecule has 2 aliphatic heterocycles. The third-order valence-corrected chi connectivity index (χ3v) is 7.92. The molecule has 160 valence electrons. The molecule has 1 aliphatic carbocycles. The summed E-state index contributed by atoms with van der Waals surface area (Å²) in [5, 5.41) is 9.45. The molecule has 2 aromatic carbocycles. The van der Waals surface area contributed by atoms with Crippen LogP contribution in [0, 0.1) is 5.92 Å². The second kappa shape index (κ2) is 6.85. The van der Waals surface area contributed by atoms with E-state index in [-0.39, 0.29) is 5.54 Å². The lowest BCUT2D eigenvalue weighted by molar-refractivity contribution is 0.261. The Balaban J connectivity index is 1.23. The molecule has 0 radical (unpaired) electrons. The maximum Gasteiger partial charge on any atom is 0.129 e. The maximum absolute atomic E-state index is 6.12. The fourth-order valence-electron chi connectivity index (χ4n) is 5.98. The molecule has 0 amide bonds. The lowest BCUT2D eigenvalue weighted by atomic mass is 9.89. The van der Waals surface area contributed by atoms with Crippen molar-refractivity contribution >= 4 is 17.4 Å². The van der Waals surface area contributed by atoms with Gasteiger partial charge in [-0.1, -0.05) is 54.1 Å². The smallest absolute Gasteiger partial charge is 0.129 e. The highest BCUT2D eigenvalue weighted by Gasteiger charge is 2.60. The van der Waals surface area contributed by atoms with Crippen LogP contribution in [0.25, 0.3) is 0 Å². The lowest BCUT2D eigenvalue weighted by Gasteiger charge is -2.38. The van der Waals surface area contributed by atoms with Crippen molar-refractivity contribution in [1.29, 1.82) is 0 Å². The van der Waals surface area contributed by atoms with Crippen molar-refractivity contribution in [1.82, 2.24) is 14.7 Å². The molecule has 1 saturated carbocycles. The van der Waals surface area contributed by atoms with Crippen molar-refractivity contribution in [3.63, 3.8) is 0 Å². The van der Waals surface area contributed by atoms with Crippen LogP contribution in [0.2, 0.25) is 5.02 Å². The van der Waals surface area contributed by atoms with E-state index in [0.29, 0.717) is 11.5 Å². The summed E-state index contributed by atoms with van der Waals surface area (Å²) in [5.41, 5.74) is 4.41. The van der Waals surface area contributed by atoms with E-state index in [9.17, 15) is 0 Å². The number of hydrogen-bond acceptors (Lipinski definition) is 3. The molecule has 1 saturated heterocycles. The Morgan fingerprint density at radius 2 is 1.84 bits per heavy atom. The number of fused-ring (bicyclic) bond motifs is 2. The van der Waals surface area contributed by atoms with Crippen molar-refractivity contribution in [3.05, 3.63) is 82.5 Å². The van der Waals surface area contributed by atoms with E-state index in [2.05, 4.69) is 77.4 Å². The van der Waals surface area contributed by atoms with Gasteiger partial charge in [0.05, 0.1) is 17.8 Å². The molecule has 4 nitrogen and oxygen atoms in total. The van der Waals surface area contributed by atoms with Crippen molar-refractivity contribution in [2.75, 3.05) is 18.4 Å². The first-order chi connectivity index (χ1) is 14.9. The van der Waals surface area contributed by atoms with Gasteiger partial charge in [0.15, 0.2) is 0 Å². The summed E-state index contributed by atoms with van der Waals surface area (Å²) in [6, 6.07) is 19.6. The van der Waals surface area contributed by atoms with Gasteiger partial charge in [0, 0.05) is 35.6 Å². The summed E-state index contributed by atoms with van der Waals surface area (Å²) >= 11 is 6.12. The first-order valence-electron chi connectivity index (χ1n) is 11.3. The number of likely N-dealkylation sites (tertiary alicyclic amines) is 1. The van der Waals surface area contributed by atoms with E-state index in [1.807, 2.05) is 12.1 Å². The van der Waals surface area contributed by atoms with Gasteiger partial charge in [0.1, 0.15) is 5.82 Å². The predicted molar refractivity (Wildman–Crippen MR) is 125 cm³/mol. The summed E-state index contributed by atoms with van der Waals surface area (Å²) in [6.07, 6.45) is 4.41. The van der Waals surface area contributed by atoms with E-state index in [4.69, 9.17) is 16.7 Å². The van der Waals surface area contributed by atoms with Crippen molar-refractivity contribution in [3.8, 4) is 0 Å². The molecule has 3 aliphatic rings. The van der Waals surface area contributed by atoms with Gasteiger partial charge in [0.25, 0.3) is 0 Å². The largest absolute Gasteiger partial charge is 0.363 e. The first kappa shape index (κ1) is 19.4. The molecule has 2 fully saturated rings. The molecule has 31 heavy (non-hydrogen) atoms. The molecule has 6 rings (SSSR count). The maximum atomic E-state index is 6.12. The van der Waals surface area contributed by atoms with Crippen LogP contribution in [0.5, 0.6) is 0 Å². The zero-order chi connectivity index (χ0) is 21.2. The van der Waals surface area contributed by atoms with E-state index >= 15 is 0 Å². The van der Waals surface area contributed by atoms with Gasteiger partial charge in [0.2, 0.25) is 0 Å². The number of rotatable bonds is 4. The molecule has 0 spiro atoms. The van der Waals surface area contributed by atoms with Crippen LogP contribution in [0.15, 0.2) is 60.8 Å². The molecular formula is C26H29ClN4. The fourth-order valence-corrected chi connectivity index (χ4v) is 6.10. The van der Waals surface area contributed by atoms with Gasteiger partial charge < -0.3 is 5.32 Å². The average molecular weight is 433 g/mol. The minimum Gasteiger partial charge on any atom is -0.363 e. The molecule has 3 unspecified atom stereocenters.